The smallest absolute Gasteiger partial charge is 0.0553 e. The van der Waals surface area contributed by atoms with Crippen LogP contribution in [0, 0.1) is 0 Å². The molecule has 0 bridgehead atoms. The highest BCUT2D eigenvalue weighted by Gasteiger charge is 2.11. The van der Waals surface area contributed by atoms with Crippen LogP contribution >= 0.6 is 22.5 Å². The van der Waals surface area contributed by atoms with E-state index in [1.54, 1.807) is 0 Å². The van der Waals surface area contributed by atoms with E-state index in [9.17, 15) is 0 Å². The minimum absolute atomic E-state index is 0.348. The van der Waals surface area contributed by atoms with Gasteiger partial charge >= 0.3 is 0 Å². The Labute approximate surface area is 106 Å². The topological polar surface area (TPSA) is 28.2 Å². The van der Waals surface area contributed by atoms with E-state index in [0.717, 1.165) is 31.9 Å². The molecule has 1 aliphatic rings. The summed E-state index contributed by atoms with van der Waals surface area (Å²) in [5, 5.41) is 3.70. The monoisotopic (exact) mass is 255 g/mol. The van der Waals surface area contributed by atoms with Crippen molar-refractivity contribution in [2.75, 3.05) is 31.1 Å². The van der Waals surface area contributed by atoms with Crippen LogP contribution in [0.2, 0.25) is 0 Å². The molecule has 1 saturated heterocycles. The van der Waals surface area contributed by atoms with Gasteiger partial charge in [-0.15, -0.1) is 11.7 Å². The zero-order valence-corrected chi connectivity index (χ0v) is 11.1. The molecule has 0 aromatic carbocycles. The first kappa shape index (κ1) is 12.1. The average Bonchev–Trinajstić information content (AvgIpc) is 2.39. The van der Waals surface area contributed by atoms with Gasteiger partial charge in [0, 0.05) is 26.2 Å². The zero-order chi connectivity index (χ0) is 11.4. The van der Waals surface area contributed by atoms with Gasteiger partial charge in [0.15, 0.2) is 0 Å². The van der Waals surface area contributed by atoms with Crippen molar-refractivity contribution in [3.8, 4) is 0 Å². The molecule has 3 nitrogen and oxygen atoms in total. The molecule has 1 aromatic heterocycles. The van der Waals surface area contributed by atoms with Crippen LogP contribution in [-0.4, -0.2) is 31.2 Å². The normalized spacial score (nSPS) is 18.5. The average molecular weight is 255 g/mol. The van der Waals surface area contributed by atoms with Crippen molar-refractivity contribution in [2.24, 2.45) is 0 Å². The first-order valence-corrected chi connectivity index (χ1v) is 7.46. The van der Waals surface area contributed by atoms with Crippen LogP contribution in [0.4, 0.5) is 5.69 Å². The van der Waals surface area contributed by atoms with Crippen LogP contribution in [0.3, 0.4) is 0 Å². The number of aromatic nitrogens is 1. The van der Waals surface area contributed by atoms with Gasteiger partial charge in [0.1, 0.15) is 0 Å². The van der Waals surface area contributed by atoms with E-state index in [0.29, 0.717) is 5.25 Å². The van der Waals surface area contributed by atoms with E-state index in [4.69, 9.17) is 0 Å². The Morgan fingerprint density at radius 2 is 2.19 bits per heavy atom. The summed E-state index contributed by atoms with van der Waals surface area (Å²) in [5.74, 6) is 0. The van der Waals surface area contributed by atoms with E-state index in [1.165, 1.54) is 16.5 Å². The predicted molar refractivity (Wildman–Crippen MR) is 74.3 cm³/mol. The first-order valence-electron chi connectivity index (χ1n) is 5.53. The molecule has 2 rings (SSSR count). The maximum absolute atomic E-state index is 4.49. The molecular weight excluding hydrogens is 238 g/mol. The largest absolute Gasteiger partial charge is 0.368 e. The maximum Gasteiger partial charge on any atom is 0.0553 e. The van der Waals surface area contributed by atoms with Gasteiger partial charge in [-0.3, -0.25) is 4.98 Å². The Bertz CT molecular complexity index is 323. The van der Waals surface area contributed by atoms with Gasteiger partial charge < -0.3 is 10.2 Å². The molecular formula is C11H17N3S2. The number of piperazine rings is 1. The predicted octanol–water partition coefficient (Wildman–Crippen LogP) is 2.13. The number of thiol groups is 1. The van der Waals surface area contributed by atoms with E-state index in [2.05, 4.69) is 45.9 Å². The molecule has 2 heterocycles. The molecule has 0 amide bonds. The number of nitrogens with zero attached hydrogens (tertiary/aromatic N) is 2. The molecule has 1 atom stereocenters. The fraction of sp³-hybridized carbons (Fsp3) is 0.545. The summed E-state index contributed by atoms with van der Waals surface area (Å²) in [6.07, 6.45) is 1.97. The fourth-order valence-electron chi connectivity index (χ4n) is 1.80. The Morgan fingerprint density at radius 3 is 2.75 bits per heavy atom. The van der Waals surface area contributed by atoms with Crippen LogP contribution in [0.5, 0.6) is 0 Å². The van der Waals surface area contributed by atoms with Gasteiger partial charge in [0.2, 0.25) is 0 Å². The lowest BCUT2D eigenvalue weighted by molar-refractivity contribution is 0.588. The summed E-state index contributed by atoms with van der Waals surface area (Å²) >= 11 is 4.21. The van der Waals surface area contributed by atoms with Crippen molar-refractivity contribution in [1.82, 2.24) is 10.3 Å². The quantitative estimate of drug-likeness (QED) is 0.639. The zero-order valence-electron chi connectivity index (χ0n) is 9.39. The van der Waals surface area contributed by atoms with Gasteiger partial charge in [0.25, 0.3) is 0 Å². The number of pyridine rings is 1. The van der Waals surface area contributed by atoms with Crippen LogP contribution in [0.15, 0.2) is 18.3 Å². The number of rotatable bonds is 3. The summed E-state index contributed by atoms with van der Waals surface area (Å²) in [6, 6.07) is 4.26. The molecule has 1 fully saturated rings. The number of hydrogen-bond acceptors (Lipinski definition) is 5. The SMILES string of the molecule is CC(SS)c1ccc(N2CCNCC2)cn1. The molecule has 1 unspecified atom stereocenters. The second-order valence-electron chi connectivity index (χ2n) is 3.93. The molecule has 5 heteroatoms. The van der Waals surface area contributed by atoms with Crippen LogP contribution in [0.25, 0.3) is 0 Å². The second-order valence-corrected chi connectivity index (χ2v) is 5.48. The van der Waals surface area contributed by atoms with Crippen LogP contribution in [-0.2, 0) is 0 Å². The Morgan fingerprint density at radius 1 is 1.44 bits per heavy atom. The lowest BCUT2D eigenvalue weighted by atomic mass is 10.2. The minimum Gasteiger partial charge on any atom is -0.368 e. The van der Waals surface area contributed by atoms with Gasteiger partial charge in [-0.25, -0.2) is 0 Å². The highest BCUT2D eigenvalue weighted by atomic mass is 33.1. The Hall–Kier alpha value is -0.390. The standard InChI is InChI=1S/C11H17N3S2/c1-9(16-15)11-3-2-10(8-13-11)14-6-4-12-5-7-14/h2-3,8-9,12,15H,4-7H2,1H3. The number of nitrogens with one attached hydrogen (secondary N) is 1. The van der Waals surface area contributed by atoms with E-state index in [-0.39, 0.29) is 0 Å². The fourth-order valence-corrected chi connectivity index (χ4v) is 2.37. The summed E-state index contributed by atoms with van der Waals surface area (Å²) < 4.78 is 0. The maximum atomic E-state index is 4.49. The molecule has 0 spiro atoms. The number of anilines is 1. The lowest BCUT2D eigenvalue weighted by Gasteiger charge is -2.29. The Balaban J connectivity index is 2.06. The molecule has 1 aromatic rings. The third-order valence-corrected chi connectivity index (χ3v) is 4.33. The number of hydrogen-bond donors (Lipinski definition) is 2. The van der Waals surface area contributed by atoms with Gasteiger partial charge in [-0.2, -0.15) is 0 Å². The van der Waals surface area contributed by atoms with E-state index >= 15 is 0 Å². The molecule has 0 saturated carbocycles. The van der Waals surface area contributed by atoms with Gasteiger partial charge in [-0.05, 0) is 19.1 Å². The van der Waals surface area contributed by atoms with Crippen molar-refractivity contribution in [3.05, 3.63) is 24.0 Å². The third kappa shape index (κ3) is 2.84. The molecule has 0 radical (unpaired) electrons. The minimum atomic E-state index is 0.348. The van der Waals surface area contributed by atoms with Crippen molar-refractivity contribution < 1.29 is 0 Å². The molecule has 88 valence electrons. The second kappa shape index (κ2) is 5.80. The Kier molecular flexibility index (Phi) is 4.37. The van der Waals surface area contributed by atoms with E-state index < -0.39 is 0 Å². The lowest BCUT2D eigenvalue weighted by Crippen LogP contribution is -2.43. The third-order valence-electron chi connectivity index (χ3n) is 2.83. The summed E-state index contributed by atoms with van der Waals surface area (Å²) in [7, 11) is 1.53. The molecule has 16 heavy (non-hydrogen) atoms. The molecule has 0 aliphatic carbocycles. The first-order chi connectivity index (χ1) is 7.81. The van der Waals surface area contributed by atoms with Gasteiger partial charge in [0.05, 0.1) is 22.8 Å². The van der Waals surface area contributed by atoms with Crippen molar-refractivity contribution in [3.63, 3.8) is 0 Å². The van der Waals surface area contributed by atoms with Gasteiger partial charge in [-0.1, -0.05) is 10.8 Å². The summed E-state index contributed by atoms with van der Waals surface area (Å²) in [5.41, 5.74) is 2.32. The van der Waals surface area contributed by atoms with Crippen molar-refractivity contribution in [2.45, 2.75) is 12.2 Å². The summed E-state index contributed by atoms with van der Waals surface area (Å²) in [4.78, 5) is 6.86. The van der Waals surface area contributed by atoms with Crippen molar-refractivity contribution in [1.29, 1.82) is 0 Å². The highest BCUT2D eigenvalue weighted by molar-refractivity contribution is 8.68. The summed E-state index contributed by atoms with van der Waals surface area (Å²) in [6.45, 7) is 6.37. The molecule has 1 N–H and O–H groups in total. The van der Waals surface area contributed by atoms with Crippen molar-refractivity contribution >= 4 is 28.1 Å². The highest BCUT2D eigenvalue weighted by Crippen LogP contribution is 2.29. The van der Waals surface area contributed by atoms with Crippen LogP contribution < -0.4 is 10.2 Å². The van der Waals surface area contributed by atoms with Crippen LogP contribution in [0.1, 0.15) is 17.9 Å². The molecule has 1 aliphatic heterocycles. The van der Waals surface area contributed by atoms with E-state index in [1.807, 2.05) is 6.20 Å².